The first-order chi connectivity index (χ1) is 6.89. The summed E-state index contributed by atoms with van der Waals surface area (Å²) in [4.78, 5) is 2.70. The molecule has 2 saturated heterocycles. The summed E-state index contributed by atoms with van der Waals surface area (Å²) in [7, 11) is 0. The summed E-state index contributed by atoms with van der Waals surface area (Å²) in [6, 6.07) is 0. The Bertz CT molecular complexity index is 202. The Labute approximate surface area is 87.0 Å². The lowest BCUT2D eigenvalue weighted by Crippen LogP contribution is -2.32. The van der Waals surface area contributed by atoms with Crippen LogP contribution in [0.5, 0.6) is 0 Å². The van der Waals surface area contributed by atoms with Crippen LogP contribution in [0, 0.1) is 11.3 Å². The smallest absolute Gasteiger partial charge is 0.00152 e. The van der Waals surface area contributed by atoms with Crippen LogP contribution in [0.1, 0.15) is 32.1 Å². The zero-order valence-electron chi connectivity index (χ0n) is 9.10. The van der Waals surface area contributed by atoms with E-state index in [1.54, 1.807) is 0 Å². The van der Waals surface area contributed by atoms with Gasteiger partial charge in [-0.25, -0.2) is 0 Å². The van der Waals surface area contributed by atoms with Crippen molar-refractivity contribution in [2.45, 2.75) is 32.1 Å². The standard InChI is InChI=1S/C12H22N2/c1-2-8-14(7-1)10-11-9-12(11)3-5-13-6-4-12/h11,13H,1-10H2/t11-/m1/s1. The molecule has 2 nitrogen and oxygen atoms in total. The topological polar surface area (TPSA) is 15.3 Å². The number of hydrogen-bond donors (Lipinski definition) is 1. The van der Waals surface area contributed by atoms with Gasteiger partial charge in [0.05, 0.1) is 0 Å². The van der Waals surface area contributed by atoms with E-state index < -0.39 is 0 Å². The highest BCUT2D eigenvalue weighted by molar-refractivity contribution is 5.05. The second-order valence-electron chi connectivity index (χ2n) is 5.52. The van der Waals surface area contributed by atoms with Crippen LogP contribution >= 0.6 is 0 Å². The van der Waals surface area contributed by atoms with Crippen molar-refractivity contribution >= 4 is 0 Å². The van der Waals surface area contributed by atoms with Crippen molar-refractivity contribution in [3.8, 4) is 0 Å². The third-order valence-electron chi connectivity index (χ3n) is 4.64. The summed E-state index contributed by atoms with van der Waals surface area (Å²) in [5.74, 6) is 1.06. The number of nitrogens with zero attached hydrogens (tertiary/aromatic N) is 1. The quantitative estimate of drug-likeness (QED) is 0.716. The Hall–Kier alpha value is -0.0800. The third kappa shape index (κ3) is 1.59. The molecule has 80 valence electrons. The molecule has 1 spiro atoms. The van der Waals surface area contributed by atoms with Gasteiger partial charge in [-0.3, -0.25) is 0 Å². The molecule has 0 radical (unpaired) electrons. The molecule has 0 aromatic rings. The number of rotatable bonds is 2. The van der Waals surface area contributed by atoms with Crippen LogP contribution in [-0.4, -0.2) is 37.6 Å². The molecule has 0 aromatic carbocycles. The summed E-state index contributed by atoms with van der Waals surface area (Å²) in [5.41, 5.74) is 0.799. The van der Waals surface area contributed by atoms with Crippen molar-refractivity contribution < 1.29 is 0 Å². The van der Waals surface area contributed by atoms with Crippen LogP contribution in [0.3, 0.4) is 0 Å². The lowest BCUT2D eigenvalue weighted by molar-refractivity contribution is 0.262. The van der Waals surface area contributed by atoms with Crippen molar-refractivity contribution in [1.29, 1.82) is 0 Å². The molecular formula is C12H22N2. The molecule has 3 aliphatic rings. The largest absolute Gasteiger partial charge is 0.317 e. The highest BCUT2D eigenvalue weighted by atomic mass is 15.1. The zero-order chi connectivity index (χ0) is 9.43. The number of likely N-dealkylation sites (tertiary alicyclic amines) is 1. The Morgan fingerprint density at radius 1 is 1.14 bits per heavy atom. The maximum absolute atomic E-state index is 3.48. The summed E-state index contributed by atoms with van der Waals surface area (Å²) in [5, 5.41) is 3.48. The Kier molecular flexibility index (Phi) is 2.29. The lowest BCUT2D eigenvalue weighted by Gasteiger charge is -2.25. The molecule has 3 rings (SSSR count). The van der Waals surface area contributed by atoms with E-state index >= 15 is 0 Å². The van der Waals surface area contributed by atoms with E-state index in [0.717, 1.165) is 11.3 Å². The first-order valence-electron chi connectivity index (χ1n) is 6.32. The van der Waals surface area contributed by atoms with Crippen molar-refractivity contribution in [1.82, 2.24) is 10.2 Å². The zero-order valence-corrected chi connectivity index (χ0v) is 9.10. The average Bonchev–Trinajstić information content (AvgIpc) is 2.67. The van der Waals surface area contributed by atoms with Gasteiger partial charge in [0.1, 0.15) is 0 Å². The van der Waals surface area contributed by atoms with Crippen molar-refractivity contribution in [3.05, 3.63) is 0 Å². The molecule has 2 aliphatic heterocycles. The number of hydrogen-bond acceptors (Lipinski definition) is 2. The molecule has 1 aliphatic carbocycles. The molecule has 1 N–H and O–H groups in total. The molecule has 0 amide bonds. The summed E-state index contributed by atoms with van der Waals surface area (Å²) < 4.78 is 0. The summed E-state index contributed by atoms with van der Waals surface area (Å²) in [6.45, 7) is 6.72. The molecular weight excluding hydrogens is 172 g/mol. The SMILES string of the molecule is C1CCN(C[C@H]2CC23CCNCC3)C1. The van der Waals surface area contributed by atoms with E-state index in [2.05, 4.69) is 10.2 Å². The highest BCUT2D eigenvalue weighted by Gasteiger charge is 2.53. The maximum Gasteiger partial charge on any atom is 0.00152 e. The summed E-state index contributed by atoms with van der Waals surface area (Å²) in [6.07, 6.45) is 7.32. The second kappa shape index (κ2) is 3.49. The average molecular weight is 194 g/mol. The molecule has 14 heavy (non-hydrogen) atoms. The monoisotopic (exact) mass is 194 g/mol. The highest BCUT2D eigenvalue weighted by Crippen LogP contribution is 2.58. The molecule has 0 unspecified atom stereocenters. The van der Waals surface area contributed by atoms with E-state index in [0.29, 0.717) is 0 Å². The van der Waals surface area contributed by atoms with Crippen LogP contribution < -0.4 is 5.32 Å². The van der Waals surface area contributed by atoms with Crippen molar-refractivity contribution in [2.24, 2.45) is 11.3 Å². The van der Waals surface area contributed by atoms with E-state index in [4.69, 9.17) is 0 Å². The van der Waals surface area contributed by atoms with Crippen molar-refractivity contribution in [3.63, 3.8) is 0 Å². The maximum atomic E-state index is 3.48. The third-order valence-corrected chi connectivity index (χ3v) is 4.64. The van der Waals surface area contributed by atoms with Crippen LogP contribution in [0.25, 0.3) is 0 Å². The number of piperidine rings is 1. The molecule has 3 fully saturated rings. The summed E-state index contributed by atoms with van der Waals surface area (Å²) >= 11 is 0. The van der Waals surface area contributed by atoms with E-state index in [1.165, 1.54) is 64.8 Å². The van der Waals surface area contributed by atoms with Crippen LogP contribution in [0.4, 0.5) is 0 Å². The predicted molar refractivity (Wildman–Crippen MR) is 58.3 cm³/mol. The Morgan fingerprint density at radius 3 is 2.57 bits per heavy atom. The minimum absolute atomic E-state index is 0.799. The molecule has 1 saturated carbocycles. The Morgan fingerprint density at radius 2 is 1.86 bits per heavy atom. The van der Waals surface area contributed by atoms with Gasteiger partial charge in [0.15, 0.2) is 0 Å². The van der Waals surface area contributed by atoms with Crippen molar-refractivity contribution in [2.75, 3.05) is 32.7 Å². The molecule has 2 heteroatoms. The fraction of sp³-hybridized carbons (Fsp3) is 1.00. The predicted octanol–water partition coefficient (Wildman–Crippen LogP) is 1.47. The van der Waals surface area contributed by atoms with Crippen LogP contribution in [0.15, 0.2) is 0 Å². The molecule has 1 atom stereocenters. The van der Waals surface area contributed by atoms with E-state index in [1.807, 2.05) is 0 Å². The van der Waals surface area contributed by atoms with E-state index in [-0.39, 0.29) is 0 Å². The fourth-order valence-corrected chi connectivity index (χ4v) is 3.50. The second-order valence-corrected chi connectivity index (χ2v) is 5.52. The van der Waals surface area contributed by atoms with Gasteiger partial charge in [-0.15, -0.1) is 0 Å². The van der Waals surface area contributed by atoms with Gasteiger partial charge < -0.3 is 10.2 Å². The van der Waals surface area contributed by atoms with Gasteiger partial charge >= 0.3 is 0 Å². The van der Waals surface area contributed by atoms with E-state index in [9.17, 15) is 0 Å². The van der Waals surface area contributed by atoms with Crippen LogP contribution in [0.2, 0.25) is 0 Å². The first-order valence-corrected chi connectivity index (χ1v) is 6.32. The van der Waals surface area contributed by atoms with Gasteiger partial charge in [0.2, 0.25) is 0 Å². The van der Waals surface area contributed by atoms with Gasteiger partial charge in [-0.1, -0.05) is 0 Å². The lowest BCUT2D eigenvalue weighted by atomic mass is 9.92. The van der Waals surface area contributed by atoms with Gasteiger partial charge in [0, 0.05) is 6.54 Å². The Balaban J connectivity index is 1.51. The minimum Gasteiger partial charge on any atom is -0.317 e. The fourth-order valence-electron chi connectivity index (χ4n) is 3.50. The van der Waals surface area contributed by atoms with Gasteiger partial charge in [-0.05, 0) is 69.6 Å². The molecule has 0 bridgehead atoms. The van der Waals surface area contributed by atoms with Crippen LogP contribution in [-0.2, 0) is 0 Å². The molecule has 2 heterocycles. The van der Waals surface area contributed by atoms with Gasteiger partial charge in [-0.2, -0.15) is 0 Å². The first kappa shape index (κ1) is 9.17. The number of nitrogens with one attached hydrogen (secondary N) is 1. The normalized spacial score (nSPS) is 36.4. The molecule has 0 aromatic heterocycles. The van der Waals surface area contributed by atoms with Gasteiger partial charge in [0.25, 0.3) is 0 Å². The minimum atomic E-state index is 0.799.